The maximum absolute atomic E-state index is 11.8. The van der Waals surface area contributed by atoms with Crippen molar-refractivity contribution >= 4 is 34.1 Å². The van der Waals surface area contributed by atoms with E-state index in [-0.39, 0.29) is 5.97 Å². The van der Waals surface area contributed by atoms with E-state index in [9.17, 15) is 4.79 Å². The van der Waals surface area contributed by atoms with Crippen molar-refractivity contribution in [3.63, 3.8) is 0 Å². The summed E-state index contributed by atoms with van der Waals surface area (Å²) in [6.45, 7) is 1.95. The van der Waals surface area contributed by atoms with Crippen LogP contribution in [0.3, 0.4) is 0 Å². The maximum atomic E-state index is 11.8. The SMILES string of the molecule is CCCC(=O)OC1=C(Cl)Cc2cccc3cccc1c23. The van der Waals surface area contributed by atoms with Crippen molar-refractivity contribution in [3.05, 3.63) is 52.6 Å². The second-order valence-corrected chi connectivity index (χ2v) is 5.41. The molecule has 0 bridgehead atoms. The Bertz CT molecular complexity index is 711. The van der Waals surface area contributed by atoms with E-state index in [1.165, 1.54) is 5.56 Å². The summed E-state index contributed by atoms with van der Waals surface area (Å²) in [4.78, 5) is 11.8. The van der Waals surface area contributed by atoms with Gasteiger partial charge in [-0.1, -0.05) is 54.9 Å². The summed E-state index contributed by atoms with van der Waals surface area (Å²) in [6, 6.07) is 12.1. The smallest absolute Gasteiger partial charge is 0.311 e. The predicted octanol–water partition coefficient (Wildman–Crippen LogP) is 4.65. The minimum absolute atomic E-state index is 0.225. The van der Waals surface area contributed by atoms with Gasteiger partial charge in [-0.3, -0.25) is 4.79 Å². The molecule has 2 aromatic carbocycles. The molecule has 0 N–H and O–H groups in total. The summed E-state index contributed by atoms with van der Waals surface area (Å²) >= 11 is 6.34. The molecule has 0 spiro atoms. The lowest BCUT2D eigenvalue weighted by atomic mass is 9.92. The third-order valence-corrected chi connectivity index (χ3v) is 3.80. The van der Waals surface area contributed by atoms with E-state index in [2.05, 4.69) is 18.2 Å². The summed E-state index contributed by atoms with van der Waals surface area (Å²) < 4.78 is 5.50. The van der Waals surface area contributed by atoms with Crippen molar-refractivity contribution in [2.24, 2.45) is 0 Å². The van der Waals surface area contributed by atoms with Crippen molar-refractivity contribution < 1.29 is 9.53 Å². The molecule has 2 nitrogen and oxygen atoms in total. The van der Waals surface area contributed by atoms with Crippen molar-refractivity contribution in [3.8, 4) is 0 Å². The topological polar surface area (TPSA) is 26.3 Å². The van der Waals surface area contributed by atoms with Gasteiger partial charge in [-0.05, 0) is 22.8 Å². The first-order valence-electron chi connectivity index (χ1n) is 6.81. The minimum Gasteiger partial charge on any atom is -0.425 e. The summed E-state index contributed by atoms with van der Waals surface area (Å²) in [7, 11) is 0. The Morgan fingerprint density at radius 3 is 2.75 bits per heavy atom. The number of carbonyl (C=O) groups excluding carboxylic acids is 1. The van der Waals surface area contributed by atoms with Gasteiger partial charge in [0.15, 0.2) is 5.76 Å². The number of hydrogen-bond acceptors (Lipinski definition) is 2. The lowest BCUT2D eigenvalue weighted by Gasteiger charge is -2.20. The highest BCUT2D eigenvalue weighted by Crippen LogP contribution is 2.38. The lowest BCUT2D eigenvalue weighted by molar-refractivity contribution is -0.136. The van der Waals surface area contributed by atoms with E-state index in [0.29, 0.717) is 23.6 Å². The number of hydrogen-bond donors (Lipinski definition) is 0. The number of ether oxygens (including phenoxy) is 1. The molecule has 0 saturated carbocycles. The van der Waals surface area contributed by atoms with Crippen LogP contribution in [0.2, 0.25) is 0 Å². The number of esters is 1. The molecule has 20 heavy (non-hydrogen) atoms. The van der Waals surface area contributed by atoms with Crippen LogP contribution in [0.25, 0.3) is 16.5 Å². The Labute approximate surface area is 123 Å². The van der Waals surface area contributed by atoms with E-state index < -0.39 is 0 Å². The number of rotatable bonds is 3. The van der Waals surface area contributed by atoms with E-state index in [1.807, 2.05) is 25.1 Å². The third kappa shape index (κ3) is 2.20. The fraction of sp³-hybridized carbons (Fsp3) is 0.235. The molecule has 0 radical (unpaired) electrons. The van der Waals surface area contributed by atoms with Crippen LogP contribution >= 0.6 is 11.6 Å². The summed E-state index contributed by atoms with van der Waals surface area (Å²) in [6.07, 6.45) is 1.79. The fourth-order valence-corrected chi connectivity index (χ4v) is 2.91. The van der Waals surface area contributed by atoms with Crippen LogP contribution in [0.15, 0.2) is 41.4 Å². The predicted molar refractivity (Wildman–Crippen MR) is 81.4 cm³/mol. The Hall–Kier alpha value is -1.80. The second-order valence-electron chi connectivity index (χ2n) is 4.96. The largest absolute Gasteiger partial charge is 0.425 e. The molecular formula is C17H15ClO2. The molecule has 2 aromatic rings. The van der Waals surface area contributed by atoms with E-state index in [1.54, 1.807) is 0 Å². The van der Waals surface area contributed by atoms with Gasteiger partial charge in [0.1, 0.15) is 0 Å². The second kappa shape index (κ2) is 5.29. The number of carbonyl (C=O) groups is 1. The van der Waals surface area contributed by atoms with Crippen LogP contribution in [-0.4, -0.2) is 5.97 Å². The Balaban J connectivity index is 2.11. The lowest BCUT2D eigenvalue weighted by Crippen LogP contribution is -2.09. The highest BCUT2D eigenvalue weighted by molar-refractivity contribution is 6.33. The molecular weight excluding hydrogens is 272 g/mol. The van der Waals surface area contributed by atoms with Gasteiger partial charge < -0.3 is 4.74 Å². The average Bonchev–Trinajstić information content (AvgIpc) is 2.44. The van der Waals surface area contributed by atoms with Crippen LogP contribution in [-0.2, 0) is 16.0 Å². The zero-order valence-corrected chi connectivity index (χ0v) is 12.0. The zero-order valence-electron chi connectivity index (χ0n) is 11.3. The number of benzene rings is 2. The van der Waals surface area contributed by atoms with Gasteiger partial charge in [0.25, 0.3) is 0 Å². The average molecular weight is 287 g/mol. The standard InChI is InChI=1S/C17H15ClO2/c1-2-5-15(19)20-17-13-9-4-7-11-6-3-8-12(16(11)13)10-14(17)18/h3-4,6-9H,2,5,10H2,1H3. The first kappa shape index (κ1) is 13.2. The zero-order chi connectivity index (χ0) is 14.1. The quantitative estimate of drug-likeness (QED) is 0.768. The summed E-state index contributed by atoms with van der Waals surface area (Å²) in [5.74, 6) is 0.298. The van der Waals surface area contributed by atoms with Gasteiger partial charge in [0.05, 0.1) is 5.03 Å². The molecule has 0 unspecified atom stereocenters. The van der Waals surface area contributed by atoms with Gasteiger partial charge in [-0.2, -0.15) is 0 Å². The molecule has 3 heteroatoms. The minimum atomic E-state index is -0.225. The molecule has 1 aliphatic rings. The van der Waals surface area contributed by atoms with Gasteiger partial charge >= 0.3 is 5.97 Å². The molecule has 0 aromatic heterocycles. The van der Waals surface area contributed by atoms with Crippen molar-refractivity contribution in [1.82, 2.24) is 0 Å². The van der Waals surface area contributed by atoms with E-state index >= 15 is 0 Å². The molecule has 0 amide bonds. The van der Waals surface area contributed by atoms with Gasteiger partial charge in [0, 0.05) is 18.4 Å². The van der Waals surface area contributed by atoms with Crippen molar-refractivity contribution in [2.75, 3.05) is 0 Å². The molecule has 102 valence electrons. The third-order valence-electron chi connectivity index (χ3n) is 3.50. The van der Waals surface area contributed by atoms with Crippen LogP contribution in [0.5, 0.6) is 0 Å². The van der Waals surface area contributed by atoms with Crippen LogP contribution < -0.4 is 0 Å². The number of halogens is 1. The Morgan fingerprint density at radius 1 is 1.25 bits per heavy atom. The van der Waals surface area contributed by atoms with Gasteiger partial charge in [0.2, 0.25) is 0 Å². The first-order chi connectivity index (χ1) is 9.70. The normalized spacial score (nSPS) is 13.7. The summed E-state index contributed by atoms with van der Waals surface area (Å²) in [5, 5.41) is 2.88. The fourth-order valence-electron chi connectivity index (χ4n) is 2.63. The molecule has 0 atom stereocenters. The van der Waals surface area contributed by atoms with E-state index in [4.69, 9.17) is 16.3 Å². The Kier molecular flexibility index (Phi) is 3.49. The molecule has 0 heterocycles. The first-order valence-corrected chi connectivity index (χ1v) is 7.19. The van der Waals surface area contributed by atoms with Crippen molar-refractivity contribution in [1.29, 1.82) is 0 Å². The highest BCUT2D eigenvalue weighted by Gasteiger charge is 2.22. The Morgan fingerprint density at radius 2 is 2.00 bits per heavy atom. The maximum Gasteiger partial charge on any atom is 0.311 e. The van der Waals surface area contributed by atoms with Crippen LogP contribution in [0.4, 0.5) is 0 Å². The number of allylic oxidation sites excluding steroid dienone is 1. The molecule has 0 fully saturated rings. The van der Waals surface area contributed by atoms with Crippen LogP contribution in [0, 0.1) is 0 Å². The van der Waals surface area contributed by atoms with Gasteiger partial charge in [-0.25, -0.2) is 0 Å². The highest BCUT2D eigenvalue weighted by atomic mass is 35.5. The van der Waals surface area contributed by atoms with E-state index in [0.717, 1.165) is 22.8 Å². The summed E-state index contributed by atoms with van der Waals surface area (Å²) in [5.41, 5.74) is 2.09. The van der Waals surface area contributed by atoms with Crippen molar-refractivity contribution in [2.45, 2.75) is 26.2 Å². The van der Waals surface area contributed by atoms with Gasteiger partial charge in [-0.15, -0.1) is 0 Å². The molecule has 3 rings (SSSR count). The molecule has 0 aliphatic heterocycles. The van der Waals surface area contributed by atoms with Crippen LogP contribution in [0.1, 0.15) is 30.9 Å². The molecule has 0 saturated heterocycles. The molecule has 1 aliphatic carbocycles. The monoisotopic (exact) mass is 286 g/mol.